The molecule has 0 saturated carbocycles. The lowest BCUT2D eigenvalue weighted by molar-refractivity contribution is -0.116. The summed E-state index contributed by atoms with van der Waals surface area (Å²) in [6.45, 7) is 0. The van der Waals surface area contributed by atoms with Crippen molar-refractivity contribution in [2.75, 3.05) is 19.5 Å². The Labute approximate surface area is 151 Å². The Morgan fingerprint density at radius 1 is 1.12 bits per heavy atom. The van der Waals surface area contributed by atoms with Crippen LogP contribution in [-0.4, -0.2) is 31.1 Å². The molecule has 2 aromatic carbocycles. The topological polar surface area (TPSA) is 80.4 Å². The summed E-state index contributed by atoms with van der Waals surface area (Å²) in [5, 5.41) is 3.82. The number of methoxy groups -OCH3 is 2. The molecule has 3 rings (SSSR count). The third-order valence-corrected chi connectivity index (χ3v) is 4.20. The maximum Gasteiger partial charge on any atom is 0.339 e. The van der Waals surface area contributed by atoms with Crippen molar-refractivity contribution in [1.29, 1.82) is 0 Å². The van der Waals surface area contributed by atoms with Crippen molar-refractivity contribution in [3.05, 3.63) is 59.8 Å². The van der Waals surface area contributed by atoms with E-state index in [1.165, 1.54) is 7.11 Å². The minimum atomic E-state index is -0.482. The van der Waals surface area contributed by atoms with E-state index in [-0.39, 0.29) is 5.91 Å². The van der Waals surface area contributed by atoms with Crippen molar-refractivity contribution in [2.24, 2.45) is 0 Å². The number of esters is 1. The predicted molar refractivity (Wildman–Crippen MR) is 99.6 cm³/mol. The van der Waals surface area contributed by atoms with Crippen LogP contribution in [0, 0.1) is 0 Å². The first-order valence-electron chi connectivity index (χ1n) is 8.23. The van der Waals surface area contributed by atoms with Gasteiger partial charge in [0.2, 0.25) is 5.91 Å². The lowest BCUT2D eigenvalue weighted by atomic mass is 10.1. The molecular formula is C20H20N2O4. The number of carbonyl (C=O) groups is 2. The van der Waals surface area contributed by atoms with E-state index in [0.29, 0.717) is 24.1 Å². The van der Waals surface area contributed by atoms with Gasteiger partial charge in [-0.3, -0.25) is 4.79 Å². The summed E-state index contributed by atoms with van der Waals surface area (Å²) >= 11 is 0. The Bertz CT molecular complexity index is 946. The first-order chi connectivity index (χ1) is 12.6. The molecular weight excluding hydrogens is 332 g/mol. The summed E-state index contributed by atoms with van der Waals surface area (Å²) in [6, 6.07) is 12.6. The van der Waals surface area contributed by atoms with E-state index in [1.807, 2.05) is 24.4 Å². The van der Waals surface area contributed by atoms with Gasteiger partial charge in [-0.1, -0.05) is 12.1 Å². The second-order valence-corrected chi connectivity index (χ2v) is 5.81. The third-order valence-electron chi connectivity index (χ3n) is 4.20. The molecule has 0 aliphatic heterocycles. The average molecular weight is 352 g/mol. The summed E-state index contributed by atoms with van der Waals surface area (Å²) in [7, 11) is 2.94. The first-order valence-corrected chi connectivity index (χ1v) is 8.23. The quantitative estimate of drug-likeness (QED) is 0.665. The number of hydrogen-bond acceptors (Lipinski definition) is 4. The predicted octanol–water partition coefficient (Wildman–Crippen LogP) is 3.53. The third kappa shape index (κ3) is 3.69. The van der Waals surface area contributed by atoms with Gasteiger partial charge in [-0.05, 0) is 42.3 Å². The highest BCUT2D eigenvalue weighted by molar-refractivity contribution is 6.01. The lowest BCUT2D eigenvalue weighted by Gasteiger charge is -2.09. The Balaban J connectivity index is 1.70. The molecule has 0 bridgehead atoms. The van der Waals surface area contributed by atoms with Gasteiger partial charge in [-0.2, -0.15) is 0 Å². The number of nitrogens with one attached hydrogen (secondary N) is 2. The average Bonchev–Trinajstić information content (AvgIpc) is 3.08. The van der Waals surface area contributed by atoms with Crippen LogP contribution in [0.4, 0.5) is 5.69 Å². The highest BCUT2D eigenvalue weighted by atomic mass is 16.5. The maximum absolute atomic E-state index is 12.3. The maximum atomic E-state index is 12.3. The van der Waals surface area contributed by atoms with Crippen molar-refractivity contribution >= 4 is 28.5 Å². The molecule has 6 nitrogen and oxygen atoms in total. The number of carbonyl (C=O) groups excluding carboxylic acids is 2. The zero-order valence-electron chi connectivity index (χ0n) is 14.7. The van der Waals surface area contributed by atoms with Gasteiger partial charge in [0.15, 0.2) is 0 Å². The molecule has 0 aliphatic carbocycles. The number of aromatic nitrogens is 1. The summed E-state index contributed by atoms with van der Waals surface area (Å²) in [6.07, 6.45) is 2.76. The van der Waals surface area contributed by atoms with Gasteiger partial charge in [0, 0.05) is 23.5 Å². The van der Waals surface area contributed by atoms with Gasteiger partial charge in [-0.25, -0.2) is 4.79 Å². The Kier molecular flexibility index (Phi) is 5.22. The minimum Gasteiger partial charge on any atom is -0.497 e. The van der Waals surface area contributed by atoms with E-state index in [0.717, 1.165) is 22.2 Å². The molecule has 1 aromatic heterocycles. The minimum absolute atomic E-state index is 0.168. The van der Waals surface area contributed by atoms with Crippen molar-refractivity contribution < 1.29 is 19.1 Å². The van der Waals surface area contributed by atoms with Gasteiger partial charge in [0.1, 0.15) is 5.75 Å². The number of aromatic amines is 1. The van der Waals surface area contributed by atoms with E-state index >= 15 is 0 Å². The molecule has 26 heavy (non-hydrogen) atoms. The lowest BCUT2D eigenvalue weighted by Crippen LogP contribution is -2.15. The number of para-hydroxylation sites is 1. The number of rotatable bonds is 6. The fourth-order valence-electron chi connectivity index (χ4n) is 2.83. The van der Waals surface area contributed by atoms with E-state index < -0.39 is 5.97 Å². The van der Waals surface area contributed by atoms with Crippen LogP contribution in [-0.2, 0) is 16.0 Å². The number of H-pyrrole nitrogens is 1. The number of hydrogen-bond donors (Lipinski definition) is 2. The first kappa shape index (κ1) is 17.5. The zero-order chi connectivity index (χ0) is 18.5. The normalized spacial score (nSPS) is 10.5. The molecule has 0 radical (unpaired) electrons. The van der Waals surface area contributed by atoms with E-state index in [1.54, 1.807) is 31.4 Å². The number of fused-ring (bicyclic) bond motifs is 1. The fraction of sp³-hybridized carbons (Fsp3) is 0.200. The van der Waals surface area contributed by atoms with Crippen LogP contribution in [0.2, 0.25) is 0 Å². The molecule has 3 aromatic rings. The zero-order valence-corrected chi connectivity index (χ0v) is 14.7. The Hall–Kier alpha value is -3.28. The molecule has 6 heteroatoms. The molecule has 2 N–H and O–H groups in total. The molecule has 0 aliphatic rings. The number of anilines is 1. The second-order valence-electron chi connectivity index (χ2n) is 5.81. The molecule has 0 fully saturated rings. The molecule has 0 spiro atoms. The fourth-order valence-corrected chi connectivity index (χ4v) is 2.83. The molecule has 1 heterocycles. The number of aryl methyl sites for hydroxylation is 1. The van der Waals surface area contributed by atoms with Crippen molar-refractivity contribution in [1.82, 2.24) is 4.98 Å². The van der Waals surface area contributed by atoms with Crippen molar-refractivity contribution in [2.45, 2.75) is 12.8 Å². The van der Waals surface area contributed by atoms with Gasteiger partial charge >= 0.3 is 5.97 Å². The standard InChI is InChI=1S/C20H20N2O4/c1-25-14-8-9-17-16(11-14)13(12-21-17)7-10-19(23)22-18-6-4-3-5-15(18)20(24)26-2/h3-6,8-9,11-12,21H,7,10H2,1-2H3,(H,22,23). The highest BCUT2D eigenvalue weighted by Crippen LogP contribution is 2.24. The van der Waals surface area contributed by atoms with Gasteiger partial charge in [-0.15, -0.1) is 0 Å². The van der Waals surface area contributed by atoms with Gasteiger partial charge < -0.3 is 19.8 Å². The number of amides is 1. The van der Waals surface area contributed by atoms with Crippen LogP contribution < -0.4 is 10.1 Å². The van der Waals surface area contributed by atoms with Crippen LogP contribution >= 0.6 is 0 Å². The summed E-state index contributed by atoms with van der Waals surface area (Å²) in [4.78, 5) is 27.3. The molecule has 134 valence electrons. The molecule has 0 atom stereocenters. The summed E-state index contributed by atoms with van der Waals surface area (Å²) in [5.41, 5.74) is 2.82. The molecule has 0 unspecified atom stereocenters. The summed E-state index contributed by atoms with van der Waals surface area (Å²) in [5.74, 6) is 0.123. The van der Waals surface area contributed by atoms with E-state index in [4.69, 9.17) is 9.47 Å². The van der Waals surface area contributed by atoms with Crippen molar-refractivity contribution in [3.8, 4) is 5.75 Å². The number of ether oxygens (including phenoxy) is 2. The van der Waals surface area contributed by atoms with Crippen molar-refractivity contribution in [3.63, 3.8) is 0 Å². The Morgan fingerprint density at radius 3 is 2.69 bits per heavy atom. The molecule has 0 saturated heterocycles. The van der Waals surface area contributed by atoms with Crippen LogP contribution in [0.25, 0.3) is 10.9 Å². The smallest absolute Gasteiger partial charge is 0.339 e. The second kappa shape index (κ2) is 7.74. The van der Waals surface area contributed by atoms with Crippen LogP contribution in [0.5, 0.6) is 5.75 Å². The highest BCUT2D eigenvalue weighted by Gasteiger charge is 2.14. The van der Waals surface area contributed by atoms with Gasteiger partial charge in [0.05, 0.1) is 25.5 Å². The van der Waals surface area contributed by atoms with Crippen LogP contribution in [0.1, 0.15) is 22.3 Å². The largest absolute Gasteiger partial charge is 0.497 e. The van der Waals surface area contributed by atoms with E-state index in [2.05, 4.69) is 10.3 Å². The SMILES string of the molecule is COC(=O)c1ccccc1NC(=O)CCc1c[nH]c2ccc(OC)cc12. The van der Waals surface area contributed by atoms with Crippen LogP contribution in [0.3, 0.4) is 0 Å². The number of benzene rings is 2. The van der Waals surface area contributed by atoms with Crippen LogP contribution in [0.15, 0.2) is 48.7 Å². The Morgan fingerprint density at radius 2 is 1.92 bits per heavy atom. The van der Waals surface area contributed by atoms with E-state index in [9.17, 15) is 9.59 Å². The monoisotopic (exact) mass is 352 g/mol. The summed E-state index contributed by atoms with van der Waals surface area (Å²) < 4.78 is 10.0. The molecule has 1 amide bonds. The van der Waals surface area contributed by atoms with Gasteiger partial charge in [0.25, 0.3) is 0 Å².